The summed E-state index contributed by atoms with van der Waals surface area (Å²) in [7, 11) is 0. The molecule has 0 spiro atoms. The predicted octanol–water partition coefficient (Wildman–Crippen LogP) is 5.70. The van der Waals surface area contributed by atoms with Crippen molar-refractivity contribution < 1.29 is 33.6 Å². The lowest BCUT2D eigenvalue weighted by atomic mass is 9.50. The molecule has 11 nitrogen and oxygen atoms in total. The second kappa shape index (κ2) is 11.4. The van der Waals surface area contributed by atoms with Crippen LogP contribution < -0.4 is 9.80 Å². The molecule has 3 heterocycles. The molecule has 6 unspecified atom stereocenters. The van der Waals surface area contributed by atoms with Crippen LogP contribution in [0.15, 0.2) is 107 Å². The van der Waals surface area contributed by atoms with Gasteiger partial charge >= 0.3 is 0 Å². The van der Waals surface area contributed by atoms with Gasteiger partial charge in [-0.3, -0.25) is 29.3 Å². The molecular formula is C37H28ClN3O8. The molecule has 4 aliphatic rings. The van der Waals surface area contributed by atoms with Crippen LogP contribution in [0.3, 0.4) is 0 Å². The average molecular weight is 678 g/mol. The summed E-state index contributed by atoms with van der Waals surface area (Å²) < 4.78 is 6.18. The third kappa shape index (κ3) is 4.38. The number of hydrogen-bond acceptors (Lipinski definition) is 8. The zero-order valence-electron chi connectivity index (χ0n) is 25.8. The van der Waals surface area contributed by atoms with E-state index in [-0.39, 0.29) is 30.0 Å². The van der Waals surface area contributed by atoms with Crippen molar-refractivity contribution in [2.24, 2.45) is 23.7 Å². The number of nitro benzene ring substituents is 1. The predicted molar refractivity (Wildman–Crippen MR) is 176 cm³/mol. The Bertz CT molecular complexity index is 2110. The standard InChI is InChI=1S/C37H28ClN3O8/c38-21-8-4-9-22(16-21)40-34(44)29-18-28-26(13-14-27-31(28)35(45)39(33(27)43)23-10-5-11-24(17-23)41(47)48)32(30-15-12-25(19-42)49-30)37(29,36(40)46)20-6-2-1-3-7-20/h1-13,15-17,27-29,31-32,42H,14,18-19H2. The minimum atomic E-state index is -1.51. The molecule has 6 atom stereocenters. The number of aliphatic hydroxyl groups excluding tert-OH is 1. The van der Waals surface area contributed by atoms with Crippen molar-refractivity contribution in [2.45, 2.75) is 30.8 Å². The molecule has 1 N–H and O–H groups in total. The van der Waals surface area contributed by atoms with Crippen LogP contribution in [0.5, 0.6) is 0 Å². The Morgan fingerprint density at radius 3 is 2.29 bits per heavy atom. The molecule has 0 bridgehead atoms. The van der Waals surface area contributed by atoms with E-state index in [0.717, 1.165) is 4.90 Å². The van der Waals surface area contributed by atoms with Crippen molar-refractivity contribution >= 4 is 52.3 Å². The molecule has 2 aliphatic carbocycles. The third-order valence-electron chi connectivity index (χ3n) is 10.6. The first-order valence-electron chi connectivity index (χ1n) is 15.9. The van der Waals surface area contributed by atoms with Gasteiger partial charge in [-0.05, 0) is 60.7 Å². The number of hydrogen-bond donors (Lipinski definition) is 1. The van der Waals surface area contributed by atoms with E-state index in [4.69, 9.17) is 16.0 Å². The van der Waals surface area contributed by atoms with Crippen molar-refractivity contribution in [3.8, 4) is 0 Å². The maximum absolute atomic E-state index is 15.1. The van der Waals surface area contributed by atoms with E-state index in [2.05, 4.69) is 0 Å². The first-order valence-corrected chi connectivity index (χ1v) is 16.3. The fraction of sp³-hybridized carbons (Fsp3) is 0.243. The Labute approximate surface area is 284 Å². The number of allylic oxidation sites excluding steroid dienone is 2. The smallest absolute Gasteiger partial charge is 0.271 e. The van der Waals surface area contributed by atoms with Gasteiger partial charge in [0.1, 0.15) is 23.5 Å². The van der Waals surface area contributed by atoms with E-state index < -0.39 is 70.2 Å². The fourth-order valence-electron chi connectivity index (χ4n) is 8.69. The van der Waals surface area contributed by atoms with E-state index in [9.17, 15) is 29.6 Å². The molecule has 12 heteroatoms. The van der Waals surface area contributed by atoms with Crippen LogP contribution in [0.4, 0.5) is 17.1 Å². The number of non-ortho nitro benzene ring substituents is 1. The minimum absolute atomic E-state index is 0.0788. The van der Waals surface area contributed by atoms with E-state index in [0.29, 0.717) is 27.6 Å². The molecule has 3 fully saturated rings. The molecule has 1 aromatic heterocycles. The number of anilines is 2. The SMILES string of the molecule is O=C1C2CC=C3C(CC4C(=O)N(c5cccc(Cl)c5)C(=O)C4(c4ccccc4)C3c3ccc(CO)o3)C2C(=O)N1c1cccc([N+](=O)[O-])c1. The number of fused-ring (bicyclic) bond motifs is 4. The number of imide groups is 2. The van der Waals surface area contributed by atoms with E-state index in [1.165, 1.54) is 29.2 Å². The lowest BCUT2D eigenvalue weighted by Crippen LogP contribution is -2.53. The fourth-order valence-corrected chi connectivity index (χ4v) is 8.87. The van der Waals surface area contributed by atoms with Gasteiger partial charge < -0.3 is 9.52 Å². The summed E-state index contributed by atoms with van der Waals surface area (Å²) in [6.07, 6.45) is 2.14. The maximum atomic E-state index is 15.1. The van der Waals surface area contributed by atoms with Gasteiger partial charge in [-0.25, -0.2) is 9.80 Å². The Balaban J connectivity index is 1.32. The first-order chi connectivity index (χ1) is 23.7. The monoisotopic (exact) mass is 677 g/mol. The van der Waals surface area contributed by atoms with Gasteiger partial charge in [0.05, 0.1) is 40.0 Å². The Morgan fingerprint density at radius 2 is 1.59 bits per heavy atom. The summed E-state index contributed by atoms with van der Waals surface area (Å²) in [6, 6.07) is 24.2. The lowest BCUT2D eigenvalue weighted by Gasteiger charge is -2.49. The first kappa shape index (κ1) is 30.9. The van der Waals surface area contributed by atoms with Crippen molar-refractivity contribution in [1.82, 2.24) is 0 Å². The second-order valence-corrected chi connectivity index (χ2v) is 13.3. The zero-order valence-corrected chi connectivity index (χ0v) is 26.5. The van der Waals surface area contributed by atoms with E-state index >= 15 is 4.79 Å². The van der Waals surface area contributed by atoms with Crippen molar-refractivity contribution in [3.63, 3.8) is 0 Å². The van der Waals surface area contributed by atoms with Gasteiger partial charge in [0.25, 0.3) is 5.69 Å². The van der Waals surface area contributed by atoms with Gasteiger partial charge in [-0.15, -0.1) is 0 Å². The Hall–Kier alpha value is -5.39. The Kier molecular flexibility index (Phi) is 7.16. The molecule has 2 aliphatic heterocycles. The molecule has 3 aromatic carbocycles. The highest BCUT2D eigenvalue weighted by Crippen LogP contribution is 2.64. The zero-order chi connectivity index (χ0) is 34.2. The number of halogens is 1. The molecule has 1 saturated carbocycles. The molecule has 4 aromatic rings. The average Bonchev–Trinajstić information content (AvgIpc) is 3.75. The molecule has 8 rings (SSSR count). The normalized spacial score (nSPS) is 27.6. The highest BCUT2D eigenvalue weighted by atomic mass is 35.5. The number of rotatable bonds is 6. The van der Waals surface area contributed by atoms with Crippen molar-refractivity contribution in [2.75, 3.05) is 9.80 Å². The molecule has 4 amide bonds. The van der Waals surface area contributed by atoms with Crippen molar-refractivity contribution in [3.05, 3.63) is 135 Å². The van der Waals surface area contributed by atoms with Crippen LogP contribution in [-0.2, 0) is 31.2 Å². The second-order valence-electron chi connectivity index (χ2n) is 12.8. The number of amides is 4. The Morgan fingerprint density at radius 1 is 0.857 bits per heavy atom. The third-order valence-corrected chi connectivity index (χ3v) is 10.8. The number of furan rings is 1. The van der Waals surface area contributed by atoms with Gasteiger partial charge in [-0.2, -0.15) is 0 Å². The summed E-state index contributed by atoms with van der Waals surface area (Å²) in [5.74, 6) is -5.50. The number of aliphatic hydroxyl groups is 1. The lowest BCUT2D eigenvalue weighted by molar-refractivity contribution is -0.384. The number of carbonyl (C=O) groups excluding carboxylic acids is 4. The number of carbonyl (C=O) groups is 4. The van der Waals surface area contributed by atoms with Crippen molar-refractivity contribution in [1.29, 1.82) is 0 Å². The van der Waals surface area contributed by atoms with Crippen LogP contribution >= 0.6 is 11.6 Å². The van der Waals surface area contributed by atoms with E-state index in [1.807, 2.05) is 24.3 Å². The number of nitrogens with zero attached hydrogens (tertiary/aromatic N) is 3. The van der Waals surface area contributed by atoms with Crippen LogP contribution in [-0.4, -0.2) is 33.7 Å². The quantitative estimate of drug-likeness (QED) is 0.118. The van der Waals surface area contributed by atoms with Crippen LogP contribution in [0.1, 0.15) is 35.8 Å². The van der Waals surface area contributed by atoms with E-state index in [1.54, 1.807) is 48.5 Å². The highest BCUT2D eigenvalue weighted by molar-refractivity contribution is 6.32. The molecular weight excluding hydrogens is 650 g/mol. The summed E-state index contributed by atoms with van der Waals surface area (Å²) in [5, 5.41) is 21.8. The van der Waals surface area contributed by atoms with Gasteiger partial charge in [-0.1, -0.05) is 65.7 Å². The highest BCUT2D eigenvalue weighted by Gasteiger charge is 2.71. The topological polar surface area (TPSA) is 151 Å². The molecule has 2 saturated heterocycles. The molecule has 49 heavy (non-hydrogen) atoms. The molecule has 246 valence electrons. The summed E-state index contributed by atoms with van der Waals surface area (Å²) in [5.41, 5.74) is -0.0824. The largest absolute Gasteiger partial charge is 0.463 e. The van der Waals surface area contributed by atoms with Gasteiger partial charge in [0.2, 0.25) is 23.6 Å². The molecule has 0 radical (unpaired) electrons. The number of benzene rings is 3. The van der Waals surface area contributed by atoms with Gasteiger partial charge in [0, 0.05) is 17.2 Å². The van der Waals surface area contributed by atoms with Crippen LogP contribution in [0.2, 0.25) is 5.02 Å². The van der Waals surface area contributed by atoms with Crippen LogP contribution in [0.25, 0.3) is 0 Å². The van der Waals surface area contributed by atoms with Gasteiger partial charge in [0.15, 0.2) is 0 Å². The summed E-state index contributed by atoms with van der Waals surface area (Å²) in [4.78, 5) is 71.3. The maximum Gasteiger partial charge on any atom is 0.271 e. The minimum Gasteiger partial charge on any atom is -0.463 e. The summed E-state index contributed by atoms with van der Waals surface area (Å²) in [6.45, 7) is -0.395. The number of nitro groups is 1. The summed E-state index contributed by atoms with van der Waals surface area (Å²) >= 11 is 6.34. The van der Waals surface area contributed by atoms with Crippen LogP contribution in [0, 0.1) is 33.8 Å².